The Bertz CT molecular complexity index is 394. The number of rotatable bonds is 5. The summed E-state index contributed by atoms with van der Waals surface area (Å²) in [4.78, 5) is 38.4. The summed E-state index contributed by atoms with van der Waals surface area (Å²) in [6, 6.07) is -0.439. The molecule has 0 radical (unpaired) electrons. The summed E-state index contributed by atoms with van der Waals surface area (Å²) < 4.78 is 4.93. The third kappa shape index (κ3) is 6.30. The summed E-state index contributed by atoms with van der Waals surface area (Å²) in [7, 11) is 0. The quantitative estimate of drug-likeness (QED) is 0.766. The normalized spacial score (nSPS) is 16.8. The Labute approximate surface area is 131 Å². The molecule has 0 spiro atoms. The van der Waals surface area contributed by atoms with Crippen LogP contribution >= 0.6 is 0 Å². The van der Waals surface area contributed by atoms with Crippen molar-refractivity contribution in [3.05, 3.63) is 0 Å². The molecule has 126 valence electrons. The van der Waals surface area contributed by atoms with Gasteiger partial charge in [-0.1, -0.05) is 6.92 Å². The van der Waals surface area contributed by atoms with Crippen LogP contribution in [0.3, 0.4) is 0 Å². The van der Waals surface area contributed by atoms with Crippen LogP contribution in [-0.2, 0) is 9.53 Å². The van der Waals surface area contributed by atoms with Crippen molar-refractivity contribution in [3.63, 3.8) is 0 Å². The molecule has 0 unspecified atom stereocenters. The molecular formula is C14H26N4O4. The number of carbonyl (C=O) groups is 3. The van der Waals surface area contributed by atoms with Crippen molar-refractivity contribution >= 4 is 18.0 Å². The molecule has 22 heavy (non-hydrogen) atoms. The number of amides is 4. The number of urea groups is 1. The second-order valence-corrected chi connectivity index (χ2v) is 5.29. The lowest BCUT2D eigenvalue weighted by Gasteiger charge is -2.33. The largest absolute Gasteiger partial charge is 0.450 e. The van der Waals surface area contributed by atoms with Gasteiger partial charge in [0.2, 0.25) is 5.91 Å². The van der Waals surface area contributed by atoms with Crippen molar-refractivity contribution < 1.29 is 19.1 Å². The molecule has 0 aliphatic carbocycles. The summed E-state index contributed by atoms with van der Waals surface area (Å²) in [5, 5.41) is 4.99. The van der Waals surface area contributed by atoms with Crippen molar-refractivity contribution in [1.82, 2.24) is 20.4 Å². The van der Waals surface area contributed by atoms with Gasteiger partial charge in [-0.05, 0) is 20.3 Å². The minimum Gasteiger partial charge on any atom is -0.450 e. The van der Waals surface area contributed by atoms with Crippen molar-refractivity contribution in [2.75, 3.05) is 39.3 Å². The lowest BCUT2D eigenvalue weighted by atomic mass is 10.3. The van der Waals surface area contributed by atoms with Gasteiger partial charge in [0, 0.05) is 32.2 Å². The van der Waals surface area contributed by atoms with Crippen LogP contribution in [0.15, 0.2) is 0 Å². The molecule has 1 aliphatic rings. The number of carbonyl (C=O) groups excluding carboxylic acids is 3. The zero-order valence-electron chi connectivity index (χ0n) is 13.6. The Morgan fingerprint density at radius 3 is 2.32 bits per heavy atom. The molecule has 2 N–H and O–H groups in total. The minimum absolute atomic E-state index is 0.0286. The molecule has 8 heteroatoms. The standard InChI is InChI=1S/C14H26N4O4/c1-4-11(3)15-13(20)16-12(19)10-17-6-8-18(9-7-17)14(21)22-5-2/h11H,4-10H2,1-3H3,(H2,15,16,19,20)/t11-/m0/s1. The first kappa shape index (κ1) is 18.2. The molecule has 0 aromatic carbocycles. The highest BCUT2D eigenvalue weighted by atomic mass is 16.6. The van der Waals surface area contributed by atoms with Crippen molar-refractivity contribution in [1.29, 1.82) is 0 Å². The SMILES string of the molecule is CCOC(=O)N1CCN(CC(=O)NC(=O)N[C@@H](C)CC)CC1. The van der Waals surface area contributed by atoms with Crippen LogP contribution in [0.4, 0.5) is 9.59 Å². The lowest BCUT2D eigenvalue weighted by molar-refractivity contribution is -0.121. The number of imide groups is 1. The first-order valence-electron chi connectivity index (χ1n) is 7.70. The van der Waals surface area contributed by atoms with Gasteiger partial charge in [0.25, 0.3) is 0 Å². The van der Waals surface area contributed by atoms with E-state index in [-0.39, 0.29) is 24.6 Å². The highest BCUT2D eigenvalue weighted by Crippen LogP contribution is 2.03. The van der Waals surface area contributed by atoms with E-state index in [0.717, 1.165) is 6.42 Å². The van der Waals surface area contributed by atoms with Gasteiger partial charge in [0.1, 0.15) is 0 Å². The van der Waals surface area contributed by atoms with E-state index in [1.807, 2.05) is 18.7 Å². The van der Waals surface area contributed by atoms with E-state index < -0.39 is 6.03 Å². The predicted molar refractivity (Wildman–Crippen MR) is 81.5 cm³/mol. The van der Waals surface area contributed by atoms with Gasteiger partial charge >= 0.3 is 12.1 Å². The van der Waals surface area contributed by atoms with Crippen LogP contribution in [0.25, 0.3) is 0 Å². The van der Waals surface area contributed by atoms with Crippen molar-refractivity contribution in [2.24, 2.45) is 0 Å². The van der Waals surface area contributed by atoms with Gasteiger partial charge in [-0.3, -0.25) is 15.0 Å². The summed E-state index contributed by atoms with van der Waals surface area (Å²) >= 11 is 0. The van der Waals surface area contributed by atoms with Crippen LogP contribution < -0.4 is 10.6 Å². The molecule has 0 aromatic rings. The van der Waals surface area contributed by atoms with E-state index in [1.165, 1.54) is 0 Å². The average Bonchev–Trinajstić information content (AvgIpc) is 2.47. The van der Waals surface area contributed by atoms with Crippen LogP contribution in [0, 0.1) is 0 Å². The Morgan fingerprint density at radius 1 is 1.14 bits per heavy atom. The number of nitrogens with zero attached hydrogens (tertiary/aromatic N) is 2. The molecule has 0 saturated carbocycles. The highest BCUT2D eigenvalue weighted by molar-refractivity contribution is 5.95. The predicted octanol–water partition coefficient (Wildman–Crippen LogP) is 0.385. The first-order chi connectivity index (χ1) is 10.5. The lowest BCUT2D eigenvalue weighted by Crippen LogP contribution is -2.52. The topological polar surface area (TPSA) is 91.0 Å². The second-order valence-electron chi connectivity index (χ2n) is 5.29. The van der Waals surface area contributed by atoms with Gasteiger partial charge in [0.15, 0.2) is 0 Å². The van der Waals surface area contributed by atoms with E-state index in [4.69, 9.17) is 4.74 Å². The maximum atomic E-state index is 11.8. The molecule has 8 nitrogen and oxygen atoms in total. The Balaban J connectivity index is 2.27. The summed E-state index contributed by atoms with van der Waals surface area (Å²) in [5.74, 6) is -0.342. The molecule has 1 rings (SSSR count). The van der Waals surface area contributed by atoms with Crippen molar-refractivity contribution in [3.8, 4) is 0 Å². The molecule has 1 aliphatic heterocycles. The fourth-order valence-corrected chi connectivity index (χ4v) is 2.03. The monoisotopic (exact) mass is 314 g/mol. The van der Waals surface area contributed by atoms with E-state index in [9.17, 15) is 14.4 Å². The second kappa shape index (κ2) is 9.24. The van der Waals surface area contributed by atoms with Crippen LogP contribution in [0.5, 0.6) is 0 Å². The Morgan fingerprint density at radius 2 is 1.77 bits per heavy atom. The maximum Gasteiger partial charge on any atom is 0.409 e. The Kier molecular flexibility index (Phi) is 7.65. The average molecular weight is 314 g/mol. The van der Waals surface area contributed by atoms with Gasteiger partial charge < -0.3 is 15.0 Å². The molecule has 0 aromatic heterocycles. The number of nitrogens with one attached hydrogen (secondary N) is 2. The molecule has 1 fully saturated rings. The zero-order valence-corrected chi connectivity index (χ0v) is 13.6. The Hall–Kier alpha value is -1.83. The first-order valence-corrected chi connectivity index (χ1v) is 7.70. The van der Waals surface area contributed by atoms with Crippen LogP contribution in [0.1, 0.15) is 27.2 Å². The van der Waals surface area contributed by atoms with Gasteiger partial charge in [-0.15, -0.1) is 0 Å². The molecule has 4 amide bonds. The van der Waals surface area contributed by atoms with Crippen LogP contribution in [-0.4, -0.2) is 73.2 Å². The van der Waals surface area contributed by atoms with Crippen LogP contribution in [0.2, 0.25) is 0 Å². The zero-order chi connectivity index (χ0) is 16.5. The van der Waals surface area contributed by atoms with E-state index >= 15 is 0 Å². The summed E-state index contributed by atoms with van der Waals surface area (Å²) in [6.45, 7) is 8.30. The smallest absolute Gasteiger partial charge is 0.409 e. The molecular weight excluding hydrogens is 288 g/mol. The summed E-state index contributed by atoms with van der Waals surface area (Å²) in [6.07, 6.45) is 0.483. The molecule has 1 atom stereocenters. The third-order valence-electron chi connectivity index (χ3n) is 3.51. The fraction of sp³-hybridized carbons (Fsp3) is 0.786. The fourth-order valence-electron chi connectivity index (χ4n) is 2.03. The van der Waals surface area contributed by atoms with E-state index in [0.29, 0.717) is 32.8 Å². The number of piperazine rings is 1. The van der Waals surface area contributed by atoms with Crippen molar-refractivity contribution in [2.45, 2.75) is 33.2 Å². The molecule has 0 bridgehead atoms. The van der Waals surface area contributed by atoms with E-state index in [2.05, 4.69) is 10.6 Å². The number of hydrogen-bond donors (Lipinski definition) is 2. The highest BCUT2D eigenvalue weighted by Gasteiger charge is 2.23. The van der Waals surface area contributed by atoms with Gasteiger partial charge in [-0.2, -0.15) is 0 Å². The third-order valence-corrected chi connectivity index (χ3v) is 3.51. The number of ether oxygens (including phenoxy) is 1. The van der Waals surface area contributed by atoms with E-state index in [1.54, 1.807) is 11.8 Å². The van der Waals surface area contributed by atoms with Gasteiger partial charge in [0.05, 0.1) is 13.2 Å². The molecule has 1 saturated heterocycles. The minimum atomic E-state index is -0.468. The maximum absolute atomic E-state index is 11.8. The van der Waals surface area contributed by atoms with Gasteiger partial charge in [-0.25, -0.2) is 9.59 Å². The number of hydrogen-bond acceptors (Lipinski definition) is 5. The molecule has 1 heterocycles. The summed E-state index contributed by atoms with van der Waals surface area (Å²) in [5.41, 5.74) is 0.